The Bertz CT molecular complexity index is 1050. The molecule has 5 heteroatoms. The molecular formula is C24H25N3OS. The summed E-state index contributed by atoms with van der Waals surface area (Å²) in [6.45, 7) is 3.24. The molecule has 0 saturated carbocycles. The van der Waals surface area contributed by atoms with Gasteiger partial charge in [-0.1, -0.05) is 30.4 Å². The third kappa shape index (κ3) is 3.77. The predicted molar refractivity (Wildman–Crippen MR) is 122 cm³/mol. The van der Waals surface area contributed by atoms with Crippen molar-refractivity contribution in [3.05, 3.63) is 71.7 Å². The van der Waals surface area contributed by atoms with Crippen molar-refractivity contribution in [2.75, 3.05) is 18.2 Å². The topological polar surface area (TPSA) is 37.7 Å². The van der Waals surface area contributed by atoms with E-state index >= 15 is 0 Å². The van der Waals surface area contributed by atoms with Gasteiger partial charge in [-0.25, -0.2) is 0 Å². The fourth-order valence-electron chi connectivity index (χ4n) is 4.13. The molecule has 4 nitrogen and oxygen atoms in total. The van der Waals surface area contributed by atoms with Crippen molar-refractivity contribution in [3.63, 3.8) is 0 Å². The molecule has 3 aliphatic rings. The van der Waals surface area contributed by atoms with Gasteiger partial charge in [-0.3, -0.25) is 9.98 Å². The van der Waals surface area contributed by atoms with Crippen LogP contribution in [0.25, 0.3) is 10.8 Å². The smallest absolute Gasteiger partial charge is 0.0887 e. The maximum atomic E-state index is 5.55. The number of aliphatic imine (C=N–C) groups is 1. The maximum absolute atomic E-state index is 5.55. The summed E-state index contributed by atoms with van der Waals surface area (Å²) in [6, 6.07) is 8.68. The number of nitrogens with zero attached hydrogens (tertiary/aromatic N) is 3. The van der Waals surface area contributed by atoms with E-state index < -0.39 is 0 Å². The van der Waals surface area contributed by atoms with E-state index in [1.807, 2.05) is 24.9 Å². The molecule has 0 radical (unpaired) electrons. The Morgan fingerprint density at radius 2 is 2.31 bits per heavy atom. The van der Waals surface area contributed by atoms with Gasteiger partial charge < -0.3 is 9.64 Å². The first kappa shape index (κ1) is 18.6. The maximum Gasteiger partial charge on any atom is 0.0887 e. The highest BCUT2D eigenvalue weighted by Gasteiger charge is 2.29. The van der Waals surface area contributed by atoms with E-state index in [-0.39, 0.29) is 6.04 Å². The van der Waals surface area contributed by atoms with Crippen LogP contribution >= 0.6 is 11.8 Å². The van der Waals surface area contributed by atoms with Gasteiger partial charge in [0.25, 0.3) is 0 Å². The Morgan fingerprint density at radius 3 is 3.24 bits per heavy atom. The zero-order valence-electron chi connectivity index (χ0n) is 16.7. The molecule has 1 saturated heterocycles. The molecule has 3 heterocycles. The van der Waals surface area contributed by atoms with Gasteiger partial charge in [0.1, 0.15) is 0 Å². The van der Waals surface area contributed by atoms with Crippen LogP contribution < -0.4 is 0 Å². The lowest BCUT2D eigenvalue weighted by atomic mass is 9.90. The molecule has 2 aliphatic heterocycles. The zero-order valence-corrected chi connectivity index (χ0v) is 17.5. The Hall–Kier alpha value is -2.37. The fraction of sp³-hybridized carbons (Fsp3) is 0.333. The molecule has 0 N–H and O–H groups in total. The lowest BCUT2D eigenvalue weighted by molar-refractivity contribution is 0.131. The molecule has 1 fully saturated rings. The SMILES string of the molecule is CCOCc1cc2c(N=C3CSCN4C=C5C=CCCC5=CC34)cccc2cn1. The minimum atomic E-state index is 0.265. The van der Waals surface area contributed by atoms with Crippen molar-refractivity contribution >= 4 is 33.9 Å². The van der Waals surface area contributed by atoms with E-state index in [1.165, 1.54) is 16.9 Å². The number of hydrogen-bond donors (Lipinski definition) is 0. The first-order valence-corrected chi connectivity index (χ1v) is 11.4. The largest absolute Gasteiger partial charge is 0.375 e. The van der Waals surface area contributed by atoms with Crippen LogP contribution in [0.3, 0.4) is 0 Å². The quantitative estimate of drug-likeness (QED) is 0.686. The summed E-state index contributed by atoms with van der Waals surface area (Å²) in [6.07, 6.45) is 13.5. The molecule has 1 unspecified atom stereocenters. The molecule has 29 heavy (non-hydrogen) atoms. The molecule has 5 rings (SSSR count). The number of fused-ring (bicyclic) bond motifs is 3. The van der Waals surface area contributed by atoms with E-state index in [9.17, 15) is 0 Å². The molecule has 1 atom stereocenters. The van der Waals surface area contributed by atoms with Gasteiger partial charge in [0, 0.05) is 35.5 Å². The van der Waals surface area contributed by atoms with E-state index in [2.05, 4.69) is 58.6 Å². The third-order valence-corrected chi connectivity index (χ3v) is 6.60. The number of ether oxygens (including phenoxy) is 1. The molecule has 0 spiro atoms. The summed E-state index contributed by atoms with van der Waals surface area (Å²) < 4.78 is 5.55. The number of benzene rings is 1. The van der Waals surface area contributed by atoms with E-state index in [0.717, 1.165) is 46.6 Å². The predicted octanol–water partition coefficient (Wildman–Crippen LogP) is 5.39. The number of thioether (sulfide) groups is 1. The Balaban J connectivity index is 1.52. The second kappa shape index (κ2) is 8.17. The van der Waals surface area contributed by atoms with Crippen LogP contribution in [0, 0.1) is 0 Å². The van der Waals surface area contributed by atoms with Crippen LogP contribution in [0.15, 0.2) is 71.0 Å². The summed E-state index contributed by atoms with van der Waals surface area (Å²) >= 11 is 1.93. The van der Waals surface area contributed by atoms with Crippen molar-refractivity contribution in [3.8, 4) is 0 Å². The van der Waals surface area contributed by atoms with Crippen molar-refractivity contribution in [2.24, 2.45) is 4.99 Å². The minimum Gasteiger partial charge on any atom is -0.375 e. The molecule has 1 aliphatic carbocycles. The van der Waals surface area contributed by atoms with Crippen molar-refractivity contribution in [2.45, 2.75) is 32.4 Å². The Labute approximate surface area is 176 Å². The highest BCUT2D eigenvalue weighted by molar-refractivity contribution is 8.00. The highest BCUT2D eigenvalue weighted by atomic mass is 32.2. The fourth-order valence-corrected chi connectivity index (χ4v) is 5.11. The van der Waals surface area contributed by atoms with E-state index in [0.29, 0.717) is 13.2 Å². The number of allylic oxidation sites excluding steroid dienone is 4. The van der Waals surface area contributed by atoms with Crippen LogP contribution in [-0.4, -0.2) is 39.9 Å². The van der Waals surface area contributed by atoms with Gasteiger partial charge in [0.15, 0.2) is 0 Å². The third-order valence-electron chi connectivity index (χ3n) is 5.62. The van der Waals surface area contributed by atoms with Gasteiger partial charge in [-0.15, -0.1) is 11.8 Å². The second-order valence-corrected chi connectivity index (χ2v) is 8.52. The molecule has 0 bridgehead atoms. The molecular weight excluding hydrogens is 378 g/mol. The number of rotatable bonds is 4. The van der Waals surface area contributed by atoms with Gasteiger partial charge in [0.05, 0.1) is 35.6 Å². The number of aromatic nitrogens is 1. The molecule has 1 aromatic heterocycles. The van der Waals surface area contributed by atoms with Crippen molar-refractivity contribution < 1.29 is 4.74 Å². The summed E-state index contributed by atoms with van der Waals surface area (Å²) in [4.78, 5) is 12.1. The van der Waals surface area contributed by atoms with Crippen LogP contribution in [0.1, 0.15) is 25.5 Å². The van der Waals surface area contributed by atoms with Gasteiger partial charge in [-0.2, -0.15) is 0 Å². The van der Waals surface area contributed by atoms with E-state index in [1.54, 1.807) is 0 Å². The molecule has 148 valence electrons. The first-order valence-electron chi connectivity index (χ1n) is 10.3. The summed E-state index contributed by atoms with van der Waals surface area (Å²) in [5.41, 5.74) is 6.04. The Kier molecular flexibility index (Phi) is 5.25. The standard InChI is InChI=1S/C24H25N3OS/c1-2-28-14-20-11-21-18(12-25-20)8-5-9-22(21)26-23-15-29-16-27-13-19-7-4-3-6-17(19)10-24(23)27/h4-5,7-13,24H,2-3,6,14-16H2,1H3. The summed E-state index contributed by atoms with van der Waals surface area (Å²) in [7, 11) is 0. The van der Waals surface area contributed by atoms with Crippen molar-refractivity contribution in [1.82, 2.24) is 9.88 Å². The van der Waals surface area contributed by atoms with Crippen LogP contribution in [-0.2, 0) is 11.3 Å². The Morgan fingerprint density at radius 1 is 1.34 bits per heavy atom. The van der Waals surface area contributed by atoms with Gasteiger partial charge in [0.2, 0.25) is 0 Å². The van der Waals surface area contributed by atoms with Gasteiger partial charge in [-0.05, 0) is 43.0 Å². The van der Waals surface area contributed by atoms with Crippen molar-refractivity contribution in [1.29, 1.82) is 0 Å². The second-order valence-electron chi connectivity index (χ2n) is 7.57. The zero-order chi connectivity index (χ0) is 19.6. The first-order chi connectivity index (χ1) is 14.3. The summed E-state index contributed by atoms with van der Waals surface area (Å²) in [5.74, 6) is 1.99. The monoisotopic (exact) mass is 403 g/mol. The number of pyridine rings is 1. The highest BCUT2D eigenvalue weighted by Crippen LogP contribution is 2.34. The van der Waals surface area contributed by atoms with E-state index in [4.69, 9.17) is 9.73 Å². The average molecular weight is 404 g/mol. The van der Waals surface area contributed by atoms with Crippen LogP contribution in [0.2, 0.25) is 0 Å². The molecule has 0 amide bonds. The van der Waals surface area contributed by atoms with Crippen LogP contribution in [0.4, 0.5) is 5.69 Å². The minimum absolute atomic E-state index is 0.265. The summed E-state index contributed by atoms with van der Waals surface area (Å²) in [5, 5.41) is 2.26. The van der Waals surface area contributed by atoms with Gasteiger partial charge >= 0.3 is 0 Å². The lowest BCUT2D eigenvalue weighted by Gasteiger charge is -2.38. The molecule has 1 aromatic carbocycles. The average Bonchev–Trinajstić information content (AvgIpc) is 2.77. The number of hydrogen-bond acceptors (Lipinski definition) is 5. The van der Waals surface area contributed by atoms with Crippen LogP contribution in [0.5, 0.6) is 0 Å². The molecule has 2 aromatic rings. The lowest BCUT2D eigenvalue weighted by Crippen LogP contribution is -2.43. The normalized spacial score (nSPS) is 22.3.